The predicted octanol–water partition coefficient (Wildman–Crippen LogP) is 2.16. The molecule has 0 fully saturated rings. The van der Waals surface area contributed by atoms with Crippen LogP contribution in [0.2, 0.25) is 0 Å². The van der Waals surface area contributed by atoms with Gasteiger partial charge < -0.3 is 9.84 Å². The zero-order chi connectivity index (χ0) is 16.2. The van der Waals surface area contributed by atoms with Gasteiger partial charge in [0.1, 0.15) is 0 Å². The fourth-order valence-corrected chi connectivity index (χ4v) is 3.96. The Morgan fingerprint density at radius 2 is 2.10 bits per heavy atom. The lowest BCUT2D eigenvalue weighted by Gasteiger charge is -2.18. The van der Waals surface area contributed by atoms with Crippen LogP contribution in [-0.4, -0.2) is 39.3 Å². The summed E-state index contributed by atoms with van der Waals surface area (Å²) >= 11 is 3.19. The van der Waals surface area contributed by atoms with Crippen LogP contribution in [0.25, 0.3) is 0 Å². The Labute approximate surface area is 132 Å². The van der Waals surface area contributed by atoms with Crippen LogP contribution in [0.15, 0.2) is 21.5 Å². The van der Waals surface area contributed by atoms with Crippen LogP contribution in [0, 0.1) is 6.92 Å². The first-order valence-electron chi connectivity index (χ1n) is 6.27. The van der Waals surface area contributed by atoms with E-state index in [0.717, 1.165) is 6.07 Å². The van der Waals surface area contributed by atoms with Crippen molar-refractivity contribution in [1.82, 2.24) is 4.72 Å². The molecule has 0 heterocycles. The number of nitrogens with one attached hydrogen (secondary N) is 1. The molecule has 0 aliphatic carbocycles. The van der Waals surface area contributed by atoms with Gasteiger partial charge in [-0.05, 0) is 31.0 Å². The van der Waals surface area contributed by atoms with E-state index in [9.17, 15) is 13.2 Å². The lowest BCUT2D eigenvalue weighted by molar-refractivity contribution is 0.0696. The summed E-state index contributed by atoms with van der Waals surface area (Å²) in [7, 11) is -2.34. The van der Waals surface area contributed by atoms with Crippen LogP contribution >= 0.6 is 15.9 Å². The molecule has 8 heteroatoms. The summed E-state index contributed by atoms with van der Waals surface area (Å²) < 4.78 is 32.8. The van der Waals surface area contributed by atoms with E-state index in [0.29, 0.717) is 16.5 Å². The third-order valence-corrected chi connectivity index (χ3v) is 5.49. The second kappa shape index (κ2) is 7.35. The highest BCUT2D eigenvalue weighted by molar-refractivity contribution is 9.10. The van der Waals surface area contributed by atoms with Crippen LogP contribution in [0.3, 0.4) is 0 Å². The Morgan fingerprint density at radius 1 is 1.48 bits per heavy atom. The molecule has 1 unspecified atom stereocenters. The molecule has 1 rings (SSSR count). The van der Waals surface area contributed by atoms with Crippen LogP contribution in [0.5, 0.6) is 0 Å². The number of ether oxygens (including phenoxy) is 1. The number of methoxy groups -OCH3 is 1. The Bertz CT molecular complexity index is 630. The molecule has 0 saturated heterocycles. The normalized spacial score (nSPS) is 13.1. The predicted molar refractivity (Wildman–Crippen MR) is 82.1 cm³/mol. The quantitative estimate of drug-likeness (QED) is 0.756. The smallest absolute Gasteiger partial charge is 0.335 e. The SMILES string of the molecule is CCC(COC)NS(=O)(=O)c1cc(C(=O)O)cc(Br)c1C. The van der Waals surface area contributed by atoms with Gasteiger partial charge in [-0.1, -0.05) is 22.9 Å². The number of benzene rings is 1. The molecular formula is C13H18BrNO5S. The standard InChI is InChI=1S/C13H18BrNO5S/c1-4-10(7-20-3)15-21(18,19)12-6-9(13(16)17)5-11(14)8(12)2/h5-6,10,15H,4,7H2,1-3H3,(H,16,17). The van der Waals surface area contributed by atoms with Crippen LogP contribution in [0.4, 0.5) is 0 Å². The lowest BCUT2D eigenvalue weighted by Crippen LogP contribution is -2.37. The van der Waals surface area contributed by atoms with E-state index < -0.39 is 16.0 Å². The highest BCUT2D eigenvalue weighted by Gasteiger charge is 2.23. The number of sulfonamides is 1. The number of aromatic carboxylic acids is 1. The Morgan fingerprint density at radius 3 is 2.57 bits per heavy atom. The second-order valence-electron chi connectivity index (χ2n) is 4.57. The molecule has 1 aromatic carbocycles. The topological polar surface area (TPSA) is 92.7 Å². The monoisotopic (exact) mass is 379 g/mol. The number of rotatable bonds is 7. The maximum atomic E-state index is 12.4. The summed E-state index contributed by atoms with van der Waals surface area (Å²) in [5, 5.41) is 9.05. The van der Waals surface area contributed by atoms with Gasteiger partial charge in [0.05, 0.1) is 17.1 Å². The average molecular weight is 380 g/mol. The summed E-state index contributed by atoms with van der Waals surface area (Å²) in [4.78, 5) is 11.0. The maximum Gasteiger partial charge on any atom is 0.335 e. The van der Waals surface area contributed by atoms with Crippen molar-refractivity contribution in [2.45, 2.75) is 31.2 Å². The molecule has 0 bridgehead atoms. The summed E-state index contributed by atoms with van der Waals surface area (Å²) in [5.41, 5.74) is 0.368. The molecule has 0 saturated carbocycles. The summed E-state index contributed by atoms with van der Waals surface area (Å²) in [6.07, 6.45) is 0.561. The number of carboxylic acids is 1. The van der Waals surface area contributed by atoms with E-state index in [1.54, 1.807) is 6.92 Å². The molecule has 1 aromatic rings. The van der Waals surface area contributed by atoms with Crippen molar-refractivity contribution in [3.63, 3.8) is 0 Å². The third-order valence-electron chi connectivity index (χ3n) is 3.02. The minimum absolute atomic E-state index is 0.0520. The minimum Gasteiger partial charge on any atom is -0.478 e. The van der Waals surface area contributed by atoms with Crippen LogP contribution < -0.4 is 4.72 Å². The Balaban J connectivity index is 3.27. The van der Waals surface area contributed by atoms with Gasteiger partial charge >= 0.3 is 5.97 Å². The van der Waals surface area contributed by atoms with Gasteiger partial charge in [-0.15, -0.1) is 0 Å². The number of carboxylic acid groups (broad SMARTS) is 1. The molecule has 6 nitrogen and oxygen atoms in total. The highest BCUT2D eigenvalue weighted by atomic mass is 79.9. The van der Waals surface area contributed by atoms with Crippen molar-refractivity contribution in [2.75, 3.05) is 13.7 Å². The Hall–Kier alpha value is -0.960. The van der Waals surface area contributed by atoms with Crippen molar-refractivity contribution >= 4 is 31.9 Å². The molecule has 0 radical (unpaired) electrons. The zero-order valence-corrected chi connectivity index (χ0v) is 14.4. The van der Waals surface area contributed by atoms with Gasteiger partial charge in [0.2, 0.25) is 10.0 Å². The maximum absolute atomic E-state index is 12.4. The van der Waals surface area contributed by atoms with Gasteiger partial charge in [0, 0.05) is 17.6 Å². The molecule has 0 aromatic heterocycles. The largest absolute Gasteiger partial charge is 0.478 e. The van der Waals surface area contributed by atoms with Gasteiger partial charge in [0.15, 0.2) is 0 Å². The van der Waals surface area contributed by atoms with Gasteiger partial charge in [-0.3, -0.25) is 0 Å². The van der Waals surface area contributed by atoms with E-state index in [-0.39, 0.29) is 23.1 Å². The van der Waals surface area contributed by atoms with Crippen molar-refractivity contribution in [3.05, 3.63) is 27.7 Å². The molecular weight excluding hydrogens is 362 g/mol. The van der Waals surface area contributed by atoms with E-state index in [1.807, 2.05) is 6.92 Å². The van der Waals surface area contributed by atoms with Crippen molar-refractivity contribution in [3.8, 4) is 0 Å². The van der Waals surface area contributed by atoms with E-state index >= 15 is 0 Å². The van der Waals surface area contributed by atoms with E-state index in [4.69, 9.17) is 9.84 Å². The van der Waals surface area contributed by atoms with E-state index in [1.165, 1.54) is 13.2 Å². The molecule has 2 N–H and O–H groups in total. The van der Waals surface area contributed by atoms with Crippen molar-refractivity contribution in [2.24, 2.45) is 0 Å². The Kier molecular flexibility index (Phi) is 6.33. The van der Waals surface area contributed by atoms with Gasteiger partial charge in [0.25, 0.3) is 0 Å². The zero-order valence-electron chi connectivity index (χ0n) is 12.0. The number of hydrogen-bond donors (Lipinski definition) is 2. The lowest BCUT2D eigenvalue weighted by atomic mass is 10.1. The molecule has 0 amide bonds. The van der Waals surface area contributed by atoms with Crippen molar-refractivity contribution in [1.29, 1.82) is 0 Å². The number of carbonyl (C=O) groups is 1. The van der Waals surface area contributed by atoms with Crippen LogP contribution in [0.1, 0.15) is 29.3 Å². The first-order valence-corrected chi connectivity index (χ1v) is 8.55. The molecule has 1 atom stereocenters. The fourth-order valence-electron chi connectivity index (χ4n) is 1.78. The minimum atomic E-state index is -3.83. The average Bonchev–Trinajstić information content (AvgIpc) is 2.40. The first kappa shape index (κ1) is 18.1. The molecule has 21 heavy (non-hydrogen) atoms. The van der Waals surface area contributed by atoms with Crippen molar-refractivity contribution < 1.29 is 23.1 Å². The fraction of sp³-hybridized carbons (Fsp3) is 0.462. The second-order valence-corrected chi connectivity index (χ2v) is 7.10. The van der Waals surface area contributed by atoms with Crippen LogP contribution in [-0.2, 0) is 14.8 Å². The molecule has 0 aliphatic heterocycles. The summed E-state index contributed by atoms with van der Waals surface area (Å²) in [5.74, 6) is -1.18. The number of halogens is 1. The molecule has 118 valence electrons. The van der Waals surface area contributed by atoms with Gasteiger partial charge in [-0.25, -0.2) is 17.9 Å². The first-order chi connectivity index (χ1) is 9.72. The highest BCUT2D eigenvalue weighted by Crippen LogP contribution is 2.26. The molecule has 0 aliphatic rings. The van der Waals surface area contributed by atoms with Gasteiger partial charge in [-0.2, -0.15) is 0 Å². The summed E-state index contributed by atoms with van der Waals surface area (Å²) in [6.45, 7) is 3.69. The third kappa shape index (κ3) is 4.50. The molecule has 0 spiro atoms. The summed E-state index contributed by atoms with van der Waals surface area (Å²) in [6, 6.07) is 2.17. The van der Waals surface area contributed by atoms with E-state index in [2.05, 4.69) is 20.7 Å². The number of hydrogen-bond acceptors (Lipinski definition) is 4.